The smallest absolute Gasteiger partial charge is 0.311 e. The molecule has 1 aromatic rings. The molecule has 4 nitrogen and oxygen atoms in total. The normalized spacial score (nSPS) is 10.0. The molecule has 0 radical (unpaired) electrons. The summed E-state index contributed by atoms with van der Waals surface area (Å²) < 4.78 is 10.1. The molecule has 0 aromatic heterocycles. The lowest BCUT2D eigenvalue weighted by molar-refractivity contribution is -0.147. The number of carbonyl (C=O) groups is 2. The molecule has 104 valence electrons. The van der Waals surface area contributed by atoms with Gasteiger partial charge in [0, 0.05) is 0 Å². The van der Waals surface area contributed by atoms with E-state index in [9.17, 15) is 9.59 Å². The Morgan fingerprint density at radius 1 is 1.11 bits per heavy atom. The minimum atomic E-state index is -0.415. The first kappa shape index (κ1) is 15.2. The predicted molar refractivity (Wildman–Crippen MR) is 71.9 cm³/mol. The van der Waals surface area contributed by atoms with Crippen LogP contribution in [-0.2, 0) is 14.3 Å². The van der Waals surface area contributed by atoms with Crippen molar-refractivity contribution in [1.29, 1.82) is 0 Å². The molecule has 19 heavy (non-hydrogen) atoms. The van der Waals surface area contributed by atoms with E-state index in [2.05, 4.69) is 0 Å². The first-order valence-corrected chi connectivity index (χ1v) is 6.55. The number of para-hydroxylation sites is 1. The van der Waals surface area contributed by atoms with Gasteiger partial charge in [-0.2, -0.15) is 0 Å². The van der Waals surface area contributed by atoms with Gasteiger partial charge in [-0.25, -0.2) is 0 Å². The summed E-state index contributed by atoms with van der Waals surface area (Å²) in [6, 6.07) is 7.26. The van der Waals surface area contributed by atoms with Crippen molar-refractivity contribution in [3.05, 3.63) is 29.8 Å². The van der Waals surface area contributed by atoms with Crippen molar-refractivity contribution in [3.63, 3.8) is 0 Å². The molecule has 0 saturated heterocycles. The van der Waals surface area contributed by atoms with Gasteiger partial charge in [-0.3, -0.25) is 9.59 Å². The van der Waals surface area contributed by atoms with Gasteiger partial charge in [0.15, 0.2) is 0 Å². The van der Waals surface area contributed by atoms with E-state index in [1.54, 1.807) is 12.1 Å². The predicted octanol–water partition coefficient (Wildman–Crippen LogP) is 3.02. The standard InChI is InChI=1S/C15H20O4/c1-3-4-11-18-14(16)9-10-15(17)19-13-8-6-5-7-12(13)2/h5-8H,3-4,9-11H2,1-2H3. The van der Waals surface area contributed by atoms with Gasteiger partial charge in [-0.1, -0.05) is 31.5 Å². The Morgan fingerprint density at radius 2 is 1.79 bits per heavy atom. The molecule has 1 rings (SSSR count). The molecule has 0 aliphatic carbocycles. The average molecular weight is 264 g/mol. The highest BCUT2D eigenvalue weighted by Gasteiger charge is 2.10. The maximum atomic E-state index is 11.6. The fraction of sp³-hybridized carbons (Fsp3) is 0.467. The molecule has 0 spiro atoms. The fourth-order valence-corrected chi connectivity index (χ4v) is 1.45. The Labute approximate surface area is 113 Å². The zero-order valence-corrected chi connectivity index (χ0v) is 11.5. The van der Waals surface area contributed by atoms with Crippen LogP contribution in [0.4, 0.5) is 0 Å². The fourth-order valence-electron chi connectivity index (χ4n) is 1.45. The molecule has 0 aliphatic rings. The monoisotopic (exact) mass is 264 g/mol. The molecule has 0 atom stereocenters. The number of hydrogen-bond donors (Lipinski definition) is 0. The van der Waals surface area contributed by atoms with E-state index in [0.29, 0.717) is 12.4 Å². The number of ether oxygens (including phenoxy) is 2. The summed E-state index contributed by atoms with van der Waals surface area (Å²) in [5.41, 5.74) is 0.890. The summed E-state index contributed by atoms with van der Waals surface area (Å²) in [5, 5.41) is 0. The van der Waals surface area contributed by atoms with Gasteiger partial charge in [-0.15, -0.1) is 0 Å². The van der Waals surface area contributed by atoms with E-state index >= 15 is 0 Å². The van der Waals surface area contributed by atoms with Gasteiger partial charge < -0.3 is 9.47 Å². The van der Waals surface area contributed by atoms with Crippen LogP contribution in [0.3, 0.4) is 0 Å². The van der Waals surface area contributed by atoms with Crippen molar-refractivity contribution < 1.29 is 19.1 Å². The SMILES string of the molecule is CCCCOC(=O)CCC(=O)Oc1ccccc1C. The molecule has 0 aliphatic heterocycles. The lowest BCUT2D eigenvalue weighted by Gasteiger charge is -2.07. The van der Waals surface area contributed by atoms with Crippen LogP contribution in [-0.4, -0.2) is 18.5 Å². The molecule has 0 amide bonds. The number of esters is 2. The van der Waals surface area contributed by atoms with Crippen LogP contribution in [0.2, 0.25) is 0 Å². The summed E-state index contributed by atoms with van der Waals surface area (Å²) in [7, 11) is 0. The van der Waals surface area contributed by atoms with Crippen molar-refractivity contribution >= 4 is 11.9 Å². The van der Waals surface area contributed by atoms with Crippen LogP contribution >= 0.6 is 0 Å². The van der Waals surface area contributed by atoms with Crippen LogP contribution in [0.5, 0.6) is 5.75 Å². The third-order valence-electron chi connectivity index (χ3n) is 2.61. The van der Waals surface area contributed by atoms with E-state index in [1.165, 1.54) is 0 Å². The van der Waals surface area contributed by atoms with Gasteiger partial charge in [-0.05, 0) is 25.0 Å². The summed E-state index contributed by atoms with van der Waals surface area (Å²) in [6.45, 7) is 4.30. The third kappa shape index (κ3) is 6.04. The van der Waals surface area contributed by atoms with E-state index in [0.717, 1.165) is 18.4 Å². The summed E-state index contributed by atoms with van der Waals surface area (Å²) in [5.74, 6) is -0.233. The van der Waals surface area contributed by atoms with Gasteiger partial charge in [0.1, 0.15) is 5.75 Å². The van der Waals surface area contributed by atoms with Gasteiger partial charge in [0.05, 0.1) is 19.4 Å². The Bertz CT molecular complexity index is 426. The average Bonchev–Trinajstić information content (AvgIpc) is 2.39. The van der Waals surface area contributed by atoms with E-state index in [1.807, 2.05) is 26.0 Å². The minimum absolute atomic E-state index is 0.0410. The van der Waals surface area contributed by atoms with Crippen LogP contribution in [0.1, 0.15) is 38.2 Å². The highest BCUT2D eigenvalue weighted by Crippen LogP contribution is 2.16. The van der Waals surface area contributed by atoms with Crippen molar-refractivity contribution in [2.75, 3.05) is 6.61 Å². The van der Waals surface area contributed by atoms with Crippen LogP contribution in [0.15, 0.2) is 24.3 Å². The number of carbonyl (C=O) groups excluding carboxylic acids is 2. The highest BCUT2D eigenvalue weighted by atomic mass is 16.5. The number of hydrogen-bond acceptors (Lipinski definition) is 4. The van der Waals surface area contributed by atoms with Crippen LogP contribution < -0.4 is 4.74 Å². The summed E-state index contributed by atoms with van der Waals surface area (Å²) in [6.07, 6.45) is 1.93. The molecule has 0 saturated carbocycles. The third-order valence-corrected chi connectivity index (χ3v) is 2.61. The lowest BCUT2D eigenvalue weighted by atomic mass is 10.2. The zero-order valence-electron chi connectivity index (χ0n) is 11.5. The largest absolute Gasteiger partial charge is 0.466 e. The summed E-state index contributed by atoms with van der Waals surface area (Å²) >= 11 is 0. The number of unbranched alkanes of at least 4 members (excludes halogenated alkanes) is 1. The maximum Gasteiger partial charge on any atom is 0.311 e. The van der Waals surface area contributed by atoms with Crippen LogP contribution in [0, 0.1) is 6.92 Å². The van der Waals surface area contributed by atoms with E-state index in [-0.39, 0.29) is 18.8 Å². The molecular formula is C15H20O4. The maximum absolute atomic E-state index is 11.6. The second kappa shape index (κ2) is 8.29. The second-order valence-corrected chi connectivity index (χ2v) is 4.31. The Morgan fingerprint density at radius 3 is 2.47 bits per heavy atom. The molecule has 0 N–H and O–H groups in total. The second-order valence-electron chi connectivity index (χ2n) is 4.31. The lowest BCUT2D eigenvalue weighted by Crippen LogP contribution is -2.13. The number of rotatable bonds is 7. The first-order valence-electron chi connectivity index (χ1n) is 6.55. The Balaban J connectivity index is 2.28. The topological polar surface area (TPSA) is 52.6 Å². The van der Waals surface area contributed by atoms with Crippen molar-refractivity contribution in [2.45, 2.75) is 39.5 Å². The van der Waals surface area contributed by atoms with E-state index < -0.39 is 5.97 Å². The molecular weight excluding hydrogens is 244 g/mol. The highest BCUT2D eigenvalue weighted by molar-refractivity contribution is 5.79. The quantitative estimate of drug-likeness (QED) is 0.431. The number of aryl methyl sites for hydroxylation is 1. The zero-order chi connectivity index (χ0) is 14.1. The Hall–Kier alpha value is -1.84. The summed E-state index contributed by atoms with van der Waals surface area (Å²) in [4.78, 5) is 22.9. The van der Waals surface area contributed by atoms with Crippen molar-refractivity contribution in [3.8, 4) is 5.75 Å². The number of benzene rings is 1. The van der Waals surface area contributed by atoms with Crippen molar-refractivity contribution in [1.82, 2.24) is 0 Å². The van der Waals surface area contributed by atoms with Gasteiger partial charge >= 0.3 is 11.9 Å². The molecule has 4 heteroatoms. The van der Waals surface area contributed by atoms with Crippen molar-refractivity contribution in [2.24, 2.45) is 0 Å². The molecule has 0 fully saturated rings. The molecule has 0 unspecified atom stereocenters. The molecule has 0 heterocycles. The molecule has 1 aromatic carbocycles. The minimum Gasteiger partial charge on any atom is -0.466 e. The molecule has 0 bridgehead atoms. The van der Waals surface area contributed by atoms with E-state index in [4.69, 9.17) is 9.47 Å². The van der Waals surface area contributed by atoms with Gasteiger partial charge in [0.25, 0.3) is 0 Å². The van der Waals surface area contributed by atoms with Crippen LogP contribution in [0.25, 0.3) is 0 Å². The first-order chi connectivity index (χ1) is 9.13. The van der Waals surface area contributed by atoms with Gasteiger partial charge in [0.2, 0.25) is 0 Å². The Kier molecular flexibility index (Phi) is 6.64.